The van der Waals surface area contributed by atoms with E-state index in [1.54, 1.807) is 23.4 Å². The molecule has 0 unspecified atom stereocenters. The third-order valence-corrected chi connectivity index (χ3v) is 5.31. The predicted octanol–water partition coefficient (Wildman–Crippen LogP) is 2.03. The molecule has 0 radical (unpaired) electrons. The lowest BCUT2D eigenvalue weighted by molar-refractivity contribution is 0.349. The van der Waals surface area contributed by atoms with Crippen LogP contribution in [0.25, 0.3) is 5.78 Å². The summed E-state index contributed by atoms with van der Waals surface area (Å²) in [4.78, 5) is 27.6. The molecular formula is C19H25N7O. The number of piperidine rings is 1. The molecule has 0 aliphatic carbocycles. The fraction of sp³-hybridized carbons (Fsp3) is 0.526. The van der Waals surface area contributed by atoms with Crippen molar-refractivity contribution in [1.29, 1.82) is 0 Å². The van der Waals surface area contributed by atoms with E-state index in [0.29, 0.717) is 23.2 Å². The molecule has 142 valence electrons. The van der Waals surface area contributed by atoms with E-state index in [2.05, 4.69) is 44.9 Å². The minimum absolute atomic E-state index is 0.0625. The topological polar surface area (TPSA) is 81.2 Å². The van der Waals surface area contributed by atoms with Gasteiger partial charge in [-0.1, -0.05) is 13.8 Å². The van der Waals surface area contributed by atoms with Crippen molar-refractivity contribution in [2.75, 3.05) is 18.0 Å². The Morgan fingerprint density at radius 1 is 1.26 bits per heavy atom. The Morgan fingerprint density at radius 3 is 2.78 bits per heavy atom. The summed E-state index contributed by atoms with van der Waals surface area (Å²) >= 11 is 0. The highest BCUT2D eigenvalue weighted by Gasteiger charge is 2.23. The quantitative estimate of drug-likeness (QED) is 0.702. The number of nitrogens with zero attached hydrogens (tertiary/aromatic N) is 7. The maximum atomic E-state index is 12.2. The molecule has 1 saturated heterocycles. The first-order valence-corrected chi connectivity index (χ1v) is 9.49. The predicted molar refractivity (Wildman–Crippen MR) is 103 cm³/mol. The van der Waals surface area contributed by atoms with E-state index in [1.807, 2.05) is 11.4 Å². The summed E-state index contributed by atoms with van der Waals surface area (Å²) < 4.78 is 3.57. The van der Waals surface area contributed by atoms with Crippen molar-refractivity contribution in [3.8, 4) is 0 Å². The molecule has 0 bridgehead atoms. The van der Waals surface area contributed by atoms with Crippen LogP contribution >= 0.6 is 0 Å². The van der Waals surface area contributed by atoms with Crippen molar-refractivity contribution in [2.24, 2.45) is 5.92 Å². The molecule has 0 amide bonds. The number of aromatic nitrogens is 6. The molecule has 0 N–H and O–H groups in total. The molecule has 0 saturated carbocycles. The fourth-order valence-corrected chi connectivity index (χ4v) is 3.65. The summed E-state index contributed by atoms with van der Waals surface area (Å²) in [6.45, 7) is 8.67. The van der Waals surface area contributed by atoms with E-state index in [1.165, 1.54) is 0 Å². The van der Waals surface area contributed by atoms with Crippen LogP contribution in [-0.4, -0.2) is 42.2 Å². The van der Waals surface area contributed by atoms with Gasteiger partial charge >= 0.3 is 0 Å². The summed E-state index contributed by atoms with van der Waals surface area (Å²) in [5.41, 5.74) is 1.79. The summed E-state index contributed by atoms with van der Waals surface area (Å²) in [7, 11) is 0. The van der Waals surface area contributed by atoms with Crippen LogP contribution in [0.1, 0.15) is 43.9 Å². The Balaban J connectivity index is 1.51. The molecule has 1 aliphatic rings. The van der Waals surface area contributed by atoms with Gasteiger partial charge in [-0.05, 0) is 31.6 Å². The third-order valence-electron chi connectivity index (χ3n) is 5.31. The molecule has 0 spiro atoms. The molecule has 0 atom stereocenters. The summed E-state index contributed by atoms with van der Waals surface area (Å²) in [6.07, 6.45) is 6.88. The average molecular weight is 367 g/mol. The number of fused-ring (bicyclic) bond motifs is 1. The monoisotopic (exact) mass is 367 g/mol. The van der Waals surface area contributed by atoms with Gasteiger partial charge in [0.1, 0.15) is 12.1 Å². The SMILES string of the molecule is Cc1cncn(CC2CCN(c3cc(C(C)C)nc4ncnn34)CC2)c1=O. The second-order valence-electron chi connectivity index (χ2n) is 7.63. The Morgan fingerprint density at radius 2 is 2.04 bits per heavy atom. The number of anilines is 1. The first-order valence-electron chi connectivity index (χ1n) is 9.49. The van der Waals surface area contributed by atoms with Crippen LogP contribution in [0.15, 0.2) is 29.7 Å². The van der Waals surface area contributed by atoms with Crippen LogP contribution in [0.5, 0.6) is 0 Å². The highest BCUT2D eigenvalue weighted by atomic mass is 16.1. The lowest BCUT2D eigenvalue weighted by Gasteiger charge is -2.33. The molecule has 1 aliphatic heterocycles. The minimum atomic E-state index is 0.0625. The van der Waals surface area contributed by atoms with Crippen molar-refractivity contribution in [2.45, 2.75) is 46.1 Å². The van der Waals surface area contributed by atoms with Gasteiger partial charge in [-0.15, -0.1) is 0 Å². The van der Waals surface area contributed by atoms with E-state index in [0.717, 1.165) is 44.0 Å². The zero-order chi connectivity index (χ0) is 19.0. The molecule has 4 heterocycles. The van der Waals surface area contributed by atoms with E-state index in [-0.39, 0.29) is 5.56 Å². The number of aryl methyl sites for hydroxylation is 1. The van der Waals surface area contributed by atoms with E-state index in [4.69, 9.17) is 0 Å². The average Bonchev–Trinajstić information content (AvgIpc) is 3.14. The van der Waals surface area contributed by atoms with Gasteiger partial charge in [-0.2, -0.15) is 14.6 Å². The normalized spacial score (nSPS) is 15.8. The van der Waals surface area contributed by atoms with Crippen molar-refractivity contribution in [3.05, 3.63) is 46.5 Å². The highest BCUT2D eigenvalue weighted by Crippen LogP contribution is 2.26. The van der Waals surface area contributed by atoms with E-state index >= 15 is 0 Å². The van der Waals surface area contributed by atoms with E-state index < -0.39 is 0 Å². The summed E-state index contributed by atoms with van der Waals surface area (Å²) in [5, 5.41) is 4.35. The molecule has 3 aromatic rings. The van der Waals surface area contributed by atoms with Crippen molar-refractivity contribution >= 4 is 11.6 Å². The Labute approximate surface area is 157 Å². The van der Waals surface area contributed by atoms with Crippen molar-refractivity contribution in [1.82, 2.24) is 29.1 Å². The Kier molecular flexibility index (Phi) is 4.63. The minimum Gasteiger partial charge on any atom is -0.356 e. The van der Waals surface area contributed by atoms with Crippen LogP contribution in [0, 0.1) is 12.8 Å². The Hall–Kier alpha value is -2.77. The first kappa shape index (κ1) is 17.6. The molecule has 1 fully saturated rings. The maximum absolute atomic E-state index is 12.2. The number of hydrogen-bond acceptors (Lipinski definition) is 6. The number of hydrogen-bond donors (Lipinski definition) is 0. The van der Waals surface area contributed by atoms with Crippen molar-refractivity contribution < 1.29 is 0 Å². The van der Waals surface area contributed by atoms with Gasteiger partial charge in [0.15, 0.2) is 0 Å². The fourth-order valence-electron chi connectivity index (χ4n) is 3.65. The summed E-state index contributed by atoms with van der Waals surface area (Å²) in [5.74, 6) is 2.51. The molecule has 8 nitrogen and oxygen atoms in total. The first-order chi connectivity index (χ1) is 13.0. The molecule has 0 aromatic carbocycles. The third kappa shape index (κ3) is 3.43. The van der Waals surface area contributed by atoms with Gasteiger partial charge in [-0.3, -0.25) is 9.36 Å². The molecular weight excluding hydrogens is 342 g/mol. The zero-order valence-corrected chi connectivity index (χ0v) is 16.0. The Bertz CT molecular complexity index is 999. The number of rotatable bonds is 4. The highest BCUT2D eigenvalue weighted by molar-refractivity contribution is 5.48. The maximum Gasteiger partial charge on any atom is 0.256 e. The van der Waals surface area contributed by atoms with Crippen LogP contribution in [-0.2, 0) is 6.54 Å². The van der Waals surface area contributed by atoms with Crippen molar-refractivity contribution in [3.63, 3.8) is 0 Å². The molecule has 4 rings (SSSR count). The van der Waals surface area contributed by atoms with E-state index in [9.17, 15) is 4.79 Å². The molecule has 3 aromatic heterocycles. The largest absolute Gasteiger partial charge is 0.356 e. The van der Waals surface area contributed by atoms with Crippen LogP contribution in [0.2, 0.25) is 0 Å². The second kappa shape index (κ2) is 7.09. The smallest absolute Gasteiger partial charge is 0.256 e. The van der Waals surface area contributed by atoms with Crippen LogP contribution in [0.3, 0.4) is 0 Å². The molecule has 8 heteroatoms. The van der Waals surface area contributed by atoms with Gasteiger partial charge in [0.25, 0.3) is 11.3 Å². The standard InChI is InChI=1S/C19H25N7O/c1-13(2)16-8-17(26-19(23-16)21-11-22-26)24-6-4-15(5-7-24)10-25-12-20-9-14(3)18(25)27/h8-9,11-13,15H,4-7,10H2,1-3H3. The van der Waals surface area contributed by atoms with Gasteiger partial charge < -0.3 is 4.90 Å². The lowest BCUT2D eigenvalue weighted by Crippen LogP contribution is -2.37. The lowest BCUT2D eigenvalue weighted by atomic mass is 9.96. The summed E-state index contributed by atoms with van der Waals surface area (Å²) in [6, 6.07) is 2.13. The van der Waals surface area contributed by atoms with Gasteiger partial charge in [0.2, 0.25) is 0 Å². The van der Waals surface area contributed by atoms with Gasteiger partial charge in [-0.25, -0.2) is 9.97 Å². The van der Waals surface area contributed by atoms with Gasteiger partial charge in [0, 0.05) is 37.5 Å². The van der Waals surface area contributed by atoms with Crippen LogP contribution in [0.4, 0.5) is 5.82 Å². The van der Waals surface area contributed by atoms with Gasteiger partial charge in [0.05, 0.1) is 12.0 Å². The second-order valence-corrected chi connectivity index (χ2v) is 7.63. The molecule has 27 heavy (non-hydrogen) atoms. The zero-order valence-electron chi connectivity index (χ0n) is 16.0. The van der Waals surface area contributed by atoms with Crippen LogP contribution < -0.4 is 10.5 Å².